The van der Waals surface area contributed by atoms with Gasteiger partial charge in [-0.05, 0) is 59.1 Å². The van der Waals surface area contributed by atoms with E-state index < -0.39 is 10.0 Å². The number of pyridine rings is 1. The van der Waals surface area contributed by atoms with Crippen molar-refractivity contribution in [2.24, 2.45) is 0 Å². The molecule has 2 rings (SSSR count). The number of hydrogen-bond acceptors (Lipinski definition) is 4. The highest BCUT2D eigenvalue weighted by Gasteiger charge is 2.20. The quantitative estimate of drug-likeness (QED) is 0.722. The molecule has 0 saturated carbocycles. The van der Waals surface area contributed by atoms with Crippen molar-refractivity contribution in [3.8, 4) is 0 Å². The van der Waals surface area contributed by atoms with Crippen molar-refractivity contribution in [2.45, 2.75) is 18.7 Å². The van der Waals surface area contributed by atoms with E-state index in [0.29, 0.717) is 21.3 Å². The second-order valence-electron chi connectivity index (χ2n) is 4.54. The van der Waals surface area contributed by atoms with Gasteiger partial charge in [-0.1, -0.05) is 15.9 Å². The number of benzene rings is 1. The van der Waals surface area contributed by atoms with E-state index in [-0.39, 0.29) is 10.7 Å². The molecule has 2 aromatic rings. The summed E-state index contributed by atoms with van der Waals surface area (Å²) in [5.41, 5.74) is 7.44. The number of nitrogens with one attached hydrogen (secondary N) is 1. The molecule has 21 heavy (non-hydrogen) atoms. The lowest BCUT2D eigenvalue weighted by molar-refractivity contribution is 0.600. The second-order valence-corrected chi connectivity index (χ2v) is 8.02. The molecule has 0 saturated heterocycles. The summed E-state index contributed by atoms with van der Waals surface area (Å²) in [5.74, 6) is 0.288. The third-order valence-corrected chi connectivity index (χ3v) is 5.29. The van der Waals surface area contributed by atoms with Gasteiger partial charge < -0.3 is 5.73 Å². The summed E-state index contributed by atoms with van der Waals surface area (Å²) in [5, 5.41) is 0. The molecule has 0 aliphatic carbocycles. The van der Waals surface area contributed by atoms with E-state index in [1.807, 2.05) is 0 Å². The summed E-state index contributed by atoms with van der Waals surface area (Å²) >= 11 is 6.54. The maximum Gasteiger partial charge on any atom is 0.263 e. The van der Waals surface area contributed by atoms with E-state index in [9.17, 15) is 8.42 Å². The number of halogens is 2. The number of anilines is 2. The van der Waals surface area contributed by atoms with E-state index in [1.165, 1.54) is 12.3 Å². The van der Waals surface area contributed by atoms with E-state index >= 15 is 0 Å². The van der Waals surface area contributed by atoms with Gasteiger partial charge in [-0.15, -0.1) is 0 Å². The number of rotatable bonds is 3. The van der Waals surface area contributed by atoms with Gasteiger partial charge in [-0.3, -0.25) is 4.72 Å². The van der Waals surface area contributed by atoms with E-state index in [1.54, 1.807) is 26.0 Å². The van der Waals surface area contributed by atoms with Gasteiger partial charge in [0.2, 0.25) is 0 Å². The van der Waals surface area contributed by atoms with Crippen LogP contribution in [-0.4, -0.2) is 13.4 Å². The zero-order valence-electron chi connectivity index (χ0n) is 11.3. The number of aromatic nitrogens is 1. The summed E-state index contributed by atoms with van der Waals surface area (Å²) in [6, 6.07) is 4.96. The molecular formula is C13H13Br2N3O2S. The fraction of sp³-hybridized carbons (Fsp3) is 0.154. The Morgan fingerprint density at radius 2 is 1.81 bits per heavy atom. The fourth-order valence-electron chi connectivity index (χ4n) is 1.78. The van der Waals surface area contributed by atoms with Crippen LogP contribution in [-0.2, 0) is 10.0 Å². The molecule has 0 radical (unpaired) electrons. The number of hydrogen-bond donors (Lipinski definition) is 2. The molecule has 0 unspecified atom stereocenters. The van der Waals surface area contributed by atoms with Gasteiger partial charge in [0.1, 0.15) is 5.82 Å². The Labute approximate surface area is 140 Å². The highest BCUT2D eigenvalue weighted by atomic mass is 79.9. The minimum absolute atomic E-state index is 0.124. The maximum atomic E-state index is 12.5. The van der Waals surface area contributed by atoms with Crippen molar-refractivity contribution >= 4 is 53.4 Å². The largest absolute Gasteiger partial charge is 0.398 e. The first-order valence-corrected chi connectivity index (χ1v) is 8.98. The van der Waals surface area contributed by atoms with Gasteiger partial charge in [0.15, 0.2) is 0 Å². The molecule has 1 aromatic heterocycles. The molecule has 3 N–H and O–H groups in total. The molecule has 0 fully saturated rings. The van der Waals surface area contributed by atoms with Gasteiger partial charge >= 0.3 is 0 Å². The van der Waals surface area contributed by atoms with Crippen LogP contribution >= 0.6 is 31.9 Å². The third kappa shape index (κ3) is 3.56. The van der Waals surface area contributed by atoms with E-state index in [0.717, 1.165) is 4.47 Å². The minimum atomic E-state index is -3.76. The summed E-state index contributed by atoms with van der Waals surface area (Å²) < 4.78 is 28.9. The van der Waals surface area contributed by atoms with Gasteiger partial charge in [0.25, 0.3) is 10.0 Å². The van der Waals surface area contributed by atoms with Crippen LogP contribution in [0.1, 0.15) is 11.1 Å². The predicted octanol–water partition coefficient (Wildman–Crippen LogP) is 3.61. The summed E-state index contributed by atoms with van der Waals surface area (Å²) in [6.07, 6.45) is 1.53. The molecule has 0 spiro atoms. The van der Waals surface area contributed by atoms with Crippen molar-refractivity contribution in [1.29, 1.82) is 0 Å². The molecule has 0 atom stereocenters. The molecule has 1 aromatic carbocycles. The minimum Gasteiger partial charge on any atom is -0.398 e. The summed E-state index contributed by atoms with van der Waals surface area (Å²) in [7, 11) is -3.76. The Morgan fingerprint density at radius 3 is 2.43 bits per heavy atom. The number of aryl methyl sites for hydroxylation is 1. The molecule has 0 aliphatic rings. The smallest absolute Gasteiger partial charge is 0.263 e. The van der Waals surface area contributed by atoms with Gasteiger partial charge in [-0.25, -0.2) is 13.4 Å². The zero-order valence-corrected chi connectivity index (χ0v) is 15.3. The van der Waals surface area contributed by atoms with Crippen molar-refractivity contribution in [1.82, 2.24) is 4.98 Å². The normalized spacial score (nSPS) is 11.4. The number of nitrogens with zero attached hydrogens (tertiary/aromatic N) is 1. The average Bonchev–Trinajstić information content (AvgIpc) is 2.37. The predicted molar refractivity (Wildman–Crippen MR) is 90.8 cm³/mol. The Kier molecular flexibility index (Phi) is 4.60. The van der Waals surface area contributed by atoms with Crippen LogP contribution in [0.5, 0.6) is 0 Å². The van der Waals surface area contributed by atoms with Crippen LogP contribution in [0.4, 0.5) is 11.5 Å². The van der Waals surface area contributed by atoms with Crippen LogP contribution in [0.2, 0.25) is 0 Å². The first-order valence-electron chi connectivity index (χ1n) is 5.91. The van der Waals surface area contributed by atoms with Crippen molar-refractivity contribution in [3.05, 3.63) is 44.5 Å². The first kappa shape index (κ1) is 16.3. The van der Waals surface area contributed by atoms with Crippen LogP contribution < -0.4 is 10.5 Å². The van der Waals surface area contributed by atoms with Gasteiger partial charge in [-0.2, -0.15) is 0 Å². The lowest BCUT2D eigenvalue weighted by Gasteiger charge is -2.13. The lowest BCUT2D eigenvalue weighted by Crippen LogP contribution is -2.16. The highest BCUT2D eigenvalue weighted by molar-refractivity contribution is 9.10. The molecule has 112 valence electrons. The van der Waals surface area contributed by atoms with Crippen molar-refractivity contribution < 1.29 is 8.42 Å². The Hall–Kier alpha value is -1.12. The average molecular weight is 435 g/mol. The summed E-state index contributed by atoms with van der Waals surface area (Å²) in [6.45, 7) is 3.44. The first-order chi connectivity index (χ1) is 9.70. The molecule has 1 heterocycles. The lowest BCUT2D eigenvalue weighted by atomic mass is 10.2. The molecule has 0 aliphatic heterocycles. The number of nitrogens with two attached hydrogens (primary N) is 1. The molecular weight excluding hydrogens is 422 g/mol. The fourth-order valence-corrected chi connectivity index (χ4v) is 4.24. The van der Waals surface area contributed by atoms with Gasteiger partial charge in [0, 0.05) is 20.8 Å². The second kappa shape index (κ2) is 5.94. The zero-order chi connectivity index (χ0) is 15.8. The SMILES string of the molecule is Cc1cc(Br)cnc1NS(=O)(=O)c1cc(Br)cc(N)c1C. The Morgan fingerprint density at radius 1 is 1.14 bits per heavy atom. The van der Waals surface area contributed by atoms with Crippen LogP contribution in [0.25, 0.3) is 0 Å². The Balaban J connectivity index is 2.48. The molecule has 8 heteroatoms. The van der Waals surface area contributed by atoms with Crippen LogP contribution in [0.15, 0.2) is 38.2 Å². The standard InChI is InChI=1S/C13H13Br2N3O2S/c1-7-3-10(15)6-17-13(7)18-21(19,20)12-5-9(14)4-11(16)8(12)2/h3-6H,16H2,1-2H3,(H,17,18). The van der Waals surface area contributed by atoms with Gasteiger partial charge in [0.05, 0.1) is 4.90 Å². The molecule has 0 amide bonds. The Bertz CT molecular complexity index is 807. The molecule has 0 bridgehead atoms. The number of sulfonamides is 1. The van der Waals surface area contributed by atoms with E-state index in [4.69, 9.17) is 5.73 Å². The topological polar surface area (TPSA) is 85.1 Å². The van der Waals surface area contributed by atoms with Crippen LogP contribution in [0.3, 0.4) is 0 Å². The van der Waals surface area contributed by atoms with E-state index in [2.05, 4.69) is 41.6 Å². The monoisotopic (exact) mass is 433 g/mol. The van der Waals surface area contributed by atoms with Crippen molar-refractivity contribution in [2.75, 3.05) is 10.5 Å². The van der Waals surface area contributed by atoms with Crippen LogP contribution in [0, 0.1) is 13.8 Å². The number of nitrogen functional groups attached to an aromatic ring is 1. The third-order valence-electron chi connectivity index (χ3n) is 2.93. The molecule has 5 nitrogen and oxygen atoms in total. The summed E-state index contributed by atoms with van der Waals surface area (Å²) in [4.78, 5) is 4.21. The maximum absolute atomic E-state index is 12.5. The van der Waals surface area contributed by atoms with Crippen molar-refractivity contribution in [3.63, 3.8) is 0 Å². The highest BCUT2D eigenvalue weighted by Crippen LogP contribution is 2.28.